The van der Waals surface area contributed by atoms with Gasteiger partial charge in [0.25, 0.3) is 0 Å². The summed E-state index contributed by atoms with van der Waals surface area (Å²) in [5, 5.41) is 5.98. The van der Waals surface area contributed by atoms with Crippen molar-refractivity contribution in [3.8, 4) is 0 Å². The number of nitrogens with zero attached hydrogens (tertiary/aromatic N) is 2. The lowest BCUT2D eigenvalue weighted by Crippen LogP contribution is -2.36. The number of carbonyl (C=O) groups excluding carboxylic acids is 1. The molecule has 0 aromatic rings. The molecule has 0 spiro atoms. The van der Waals surface area contributed by atoms with Gasteiger partial charge in [0, 0.05) is 19.2 Å². The fourth-order valence-electron chi connectivity index (χ4n) is 1.80. The Hall–Kier alpha value is -1.91. The molecule has 2 N–H and O–H groups in total. The molecule has 0 radical (unpaired) electrons. The zero-order valence-corrected chi connectivity index (χ0v) is 11.9. The van der Waals surface area contributed by atoms with Crippen molar-refractivity contribution in [3.05, 3.63) is 24.4 Å². The number of dihydropyridines is 1. The highest BCUT2D eigenvalue weighted by Gasteiger charge is 2.20. The van der Waals surface area contributed by atoms with Crippen molar-refractivity contribution in [1.29, 1.82) is 0 Å². The van der Waals surface area contributed by atoms with E-state index in [1.807, 2.05) is 19.1 Å². The van der Waals surface area contributed by atoms with Crippen LogP contribution < -0.4 is 10.6 Å². The van der Waals surface area contributed by atoms with E-state index in [1.165, 1.54) is 12.8 Å². The van der Waals surface area contributed by atoms with Gasteiger partial charge in [0.15, 0.2) is 0 Å². The lowest BCUT2D eigenvalue weighted by molar-refractivity contribution is -0.120. The topological polar surface area (TPSA) is 65.8 Å². The Kier molecular flexibility index (Phi) is 5.53. The van der Waals surface area contributed by atoms with Crippen molar-refractivity contribution < 1.29 is 4.79 Å². The molecular weight excluding hydrogens is 252 g/mol. The highest BCUT2D eigenvalue weighted by Crippen LogP contribution is 2.28. The molecule has 1 aliphatic heterocycles. The van der Waals surface area contributed by atoms with Gasteiger partial charge < -0.3 is 10.6 Å². The number of amides is 1. The van der Waals surface area contributed by atoms with Crippen LogP contribution in [0.5, 0.6) is 0 Å². The average Bonchev–Trinajstić information content (AvgIpc) is 3.27. The second-order valence-electron chi connectivity index (χ2n) is 5.19. The van der Waals surface area contributed by atoms with Crippen molar-refractivity contribution >= 4 is 18.0 Å². The van der Waals surface area contributed by atoms with Gasteiger partial charge in [0.1, 0.15) is 0 Å². The van der Waals surface area contributed by atoms with Crippen LogP contribution in [-0.4, -0.2) is 37.1 Å². The number of nitrogens with one attached hydrogen (secondary N) is 2. The molecule has 1 amide bonds. The van der Waals surface area contributed by atoms with Crippen molar-refractivity contribution in [2.75, 3.05) is 13.1 Å². The minimum atomic E-state index is 0.00220. The van der Waals surface area contributed by atoms with Crippen LogP contribution in [0.1, 0.15) is 26.2 Å². The summed E-state index contributed by atoms with van der Waals surface area (Å²) in [7, 11) is 0. The SMILES string of the molecule is CC(=NCC1CC1)N/C=C\CC(=O)NC1C=CC=NC1. The van der Waals surface area contributed by atoms with Crippen LogP contribution >= 0.6 is 0 Å². The molecule has 1 atom stereocenters. The quantitative estimate of drug-likeness (QED) is 0.568. The number of allylic oxidation sites excluding steroid dienone is 1. The molecule has 2 aliphatic rings. The molecule has 1 aliphatic carbocycles. The molecule has 20 heavy (non-hydrogen) atoms. The standard InChI is InChI=1S/C15H22N4O/c1-12(18-10-13-6-7-13)17-9-3-5-15(20)19-14-4-2-8-16-11-14/h2-4,8-9,13-14H,5-7,10-11H2,1H3,(H,17,18)(H,19,20)/b9-3-. The van der Waals surface area contributed by atoms with Crippen LogP contribution in [0.3, 0.4) is 0 Å². The first-order valence-electron chi connectivity index (χ1n) is 7.12. The average molecular weight is 274 g/mol. The Bertz CT molecular complexity index is 447. The van der Waals surface area contributed by atoms with Crippen LogP contribution in [0.25, 0.3) is 0 Å². The van der Waals surface area contributed by atoms with E-state index in [1.54, 1.807) is 18.5 Å². The molecule has 0 saturated heterocycles. The molecule has 1 unspecified atom stereocenters. The maximum Gasteiger partial charge on any atom is 0.224 e. The lowest BCUT2D eigenvalue weighted by Gasteiger charge is -2.13. The second-order valence-corrected chi connectivity index (χ2v) is 5.19. The number of carbonyl (C=O) groups is 1. The summed E-state index contributed by atoms with van der Waals surface area (Å²) >= 11 is 0. The third kappa shape index (κ3) is 5.82. The van der Waals surface area contributed by atoms with Gasteiger partial charge in [-0.1, -0.05) is 12.2 Å². The molecule has 108 valence electrons. The van der Waals surface area contributed by atoms with Crippen molar-refractivity contribution in [2.24, 2.45) is 15.9 Å². The fourth-order valence-corrected chi connectivity index (χ4v) is 1.80. The fraction of sp³-hybridized carbons (Fsp3) is 0.533. The Morgan fingerprint density at radius 3 is 3.05 bits per heavy atom. The molecule has 1 saturated carbocycles. The summed E-state index contributed by atoms with van der Waals surface area (Å²) in [6.45, 7) is 3.48. The number of hydrogen-bond acceptors (Lipinski definition) is 3. The summed E-state index contributed by atoms with van der Waals surface area (Å²) in [5.74, 6) is 1.70. The first-order valence-corrected chi connectivity index (χ1v) is 7.12. The minimum Gasteiger partial charge on any atom is -0.351 e. The van der Waals surface area contributed by atoms with E-state index in [-0.39, 0.29) is 11.9 Å². The van der Waals surface area contributed by atoms with Crippen LogP contribution in [0.4, 0.5) is 0 Å². The van der Waals surface area contributed by atoms with E-state index >= 15 is 0 Å². The number of hydrogen-bond donors (Lipinski definition) is 2. The van der Waals surface area contributed by atoms with E-state index in [2.05, 4.69) is 20.6 Å². The number of rotatable bonds is 6. The monoisotopic (exact) mass is 274 g/mol. The lowest BCUT2D eigenvalue weighted by atomic mass is 10.2. The van der Waals surface area contributed by atoms with E-state index in [0.29, 0.717) is 13.0 Å². The van der Waals surface area contributed by atoms with Crippen molar-refractivity contribution in [3.63, 3.8) is 0 Å². The van der Waals surface area contributed by atoms with Crippen molar-refractivity contribution in [2.45, 2.75) is 32.2 Å². The molecule has 1 fully saturated rings. The number of amidine groups is 1. The van der Waals surface area contributed by atoms with Gasteiger partial charge in [-0.25, -0.2) is 0 Å². The largest absolute Gasteiger partial charge is 0.351 e. The normalized spacial score (nSPS) is 22.2. The van der Waals surface area contributed by atoms with Gasteiger partial charge >= 0.3 is 0 Å². The second kappa shape index (κ2) is 7.62. The van der Waals surface area contributed by atoms with Gasteiger partial charge in [-0.2, -0.15) is 0 Å². The summed E-state index contributed by atoms with van der Waals surface area (Å²) < 4.78 is 0. The predicted molar refractivity (Wildman–Crippen MR) is 82.0 cm³/mol. The molecule has 0 bridgehead atoms. The molecule has 5 nitrogen and oxygen atoms in total. The molecule has 0 aromatic heterocycles. The first kappa shape index (κ1) is 14.5. The summed E-state index contributed by atoms with van der Waals surface area (Å²) in [5.41, 5.74) is 0. The Morgan fingerprint density at radius 1 is 1.50 bits per heavy atom. The number of aliphatic imine (C=N–C) groups is 2. The zero-order chi connectivity index (χ0) is 14.2. The summed E-state index contributed by atoms with van der Waals surface area (Å²) in [6.07, 6.45) is 12.1. The van der Waals surface area contributed by atoms with E-state index in [4.69, 9.17) is 0 Å². The van der Waals surface area contributed by atoms with Gasteiger partial charge in [0.2, 0.25) is 5.91 Å². The maximum atomic E-state index is 11.7. The first-order chi connectivity index (χ1) is 9.74. The molecule has 2 rings (SSSR count). The summed E-state index contributed by atoms with van der Waals surface area (Å²) in [6, 6.07) is 0.0238. The predicted octanol–water partition coefficient (Wildman–Crippen LogP) is 1.43. The molecule has 1 heterocycles. The maximum absolute atomic E-state index is 11.7. The summed E-state index contributed by atoms with van der Waals surface area (Å²) in [4.78, 5) is 20.2. The zero-order valence-electron chi connectivity index (χ0n) is 11.9. The molecular formula is C15H22N4O. The molecule has 0 aromatic carbocycles. The van der Waals surface area contributed by atoms with E-state index in [0.717, 1.165) is 18.3 Å². The van der Waals surface area contributed by atoms with Gasteiger partial charge in [0.05, 0.1) is 18.4 Å². The van der Waals surface area contributed by atoms with Crippen LogP contribution in [0.2, 0.25) is 0 Å². The van der Waals surface area contributed by atoms with Gasteiger partial charge in [-0.05, 0) is 38.0 Å². The van der Waals surface area contributed by atoms with Crippen LogP contribution in [-0.2, 0) is 4.79 Å². The smallest absolute Gasteiger partial charge is 0.224 e. The third-order valence-electron chi connectivity index (χ3n) is 3.18. The Balaban J connectivity index is 1.59. The van der Waals surface area contributed by atoms with Gasteiger partial charge in [-0.3, -0.25) is 14.8 Å². The Morgan fingerprint density at radius 2 is 2.35 bits per heavy atom. The highest BCUT2D eigenvalue weighted by molar-refractivity contribution is 5.81. The van der Waals surface area contributed by atoms with Gasteiger partial charge in [-0.15, -0.1) is 0 Å². The van der Waals surface area contributed by atoms with Crippen molar-refractivity contribution in [1.82, 2.24) is 10.6 Å². The molecule has 5 heteroatoms. The third-order valence-corrected chi connectivity index (χ3v) is 3.18. The Labute approximate surface area is 120 Å². The van der Waals surface area contributed by atoms with E-state index < -0.39 is 0 Å². The van der Waals surface area contributed by atoms with Crippen LogP contribution in [0.15, 0.2) is 34.4 Å². The van der Waals surface area contributed by atoms with E-state index in [9.17, 15) is 4.79 Å². The highest BCUT2D eigenvalue weighted by atomic mass is 16.1. The minimum absolute atomic E-state index is 0.00220. The van der Waals surface area contributed by atoms with Crippen LogP contribution in [0, 0.1) is 5.92 Å².